The van der Waals surface area contributed by atoms with Crippen LogP contribution in [-0.2, 0) is 11.2 Å². The Balaban J connectivity index is 1.47. The molecule has 0 amide bonds. The van der Waals surface area contributed by atoms with Crippen LogP contribution in [-0.4, -0.2) is 19.7 Å². The van der Waals surface area contributed by atoms with E-state index in [-0.39, 0.29) is 5.97 Å². The van der Waals surface area contributed by atoms with Gasteiger partial charge in [-0.15, -0.1) is 11.3 Å². The molecule has 0 radical (unpaired) electrons. The lowest BCUT2D eigenvalue weighted by Crippen LogP contribution is -2.12. The van der Waals surface area contributed by atoms with Gasteiger partial charge in [-0.05, 0) is 62.4 Å². The number of hydrogen-bond acceptors (Lipinski definition) is 4. The highest BCUT2D eigenvalue weighted by Gasteiger charge is 2.20. The van der Waals surface area contributed by atoms with Crippen LogP contribution in [0.3, 0.4) is 0 Å². The maximum atomic E-state index is 11.5. The average Bonchev–Trinajstić information content (AvgIpc) is 3.28. The van der Waals surface area contributed by atoms with Crippen molar-refractivity contribution in [3.63, 3.8) is 0 Å². The summed E-state index contributed by atoms with van der Waals surface area (Å²) in [6.45, 7) is 0.647. The Labute approximate surface area is 173 Å². The Bertz CT molecular complexity index is 808. The lowest BCUT2D eigenvalue weighted by molar-refractivity contribution is 0.0606. The fraction of sp³-hybridized carbons (Fsp3) is 0.381. The molecule has 0 fully saturated rings. The second kappa shape index (κ2) is 9.63. The molecule has 1 aromatic carbocycles. The Hall–Kier alpha value is -1.49. The largest absolute Gasteiger partial charge is 0.493 e. The van der Waals surface area contributed by atoms with Gasteiger partial charge in [0.15, 0.2) is 0 Å². The quantitative estimate of drug-likeness (QED) is 0.354. The van der Waals surface area contributed by atoms with Crippen LogP contribution in [0.2, 0.25) is 10.0 Å². The number of hydrogen-bond donors (Lipinski definition) is 0. The lowest BCUT2D eigenvalue weighted by atomic mass is 9.97. The molecule has 0 saturated heterocycles. The number of carbonyl (C=O) groups is 1. The van der Waals surface area contributed by atoms with E-state index < -0.39 is 0 Å². The number of carbonyl (C=O) groups excluding carboxylic acids is 1. The van der Waals surface area contributed by atoms with E-state index in [1.807, 2.05) is 12.1 Å². The first-order valence-corrected chi connectivity index (χ1v) is 10.6. The normalized spacial score (nSPS) is 16.3. The molecule has 0 aliphatic heterocycles. The first kappa shape index (κ1) is 20.2. The zero-order valence-corrected chi connectivity index (χ0v) is 17.5. The summed E-state index contributed by atoms with van der Waals surface area (Å²) in [7, 11) is 1.41. The second-order valence-corrected chi connectivity index (χ2v) is 8.62. The zero-order valence-electron chi connectivity index (χ0n) is 15.2. The van der Waals surface area contributed by atoms with Crippen molar-refractivity contribution in [2.75, 3.05) is 13.7 Å². The van der Waals surface area contributed by atoms with Crippen molar-refractivity contribution < 1.29 is 14.3 Å². The molecule has 1 atom stereocenters. The summed E-state index contributed by atoms with van der Waals surface area (Å²) in [5.74, 6) is 0.896. The van der Waals surface area contributed by atoms with Crippen LogP contribution in [0.4, 0.5) is 0 Å². The summed E-state index contributed by atoms with van der Waals surface area (Å²) in [5, 5.41) is 1.17. The maximum Gasteiger partial charge on any atom is 0.348 e. The second-order valence-electron chi connectivity index (χ2n) is 6.58. The molecule has 2 aromatic rings. The smallest absolute Gasteiger partial charge is 0.348 e. The van der Waals surface area contributed by atoms with Gasteiger partial charge in [0, 0.05) is 20.8 Å². The van der Waals surface area contributed by atoms with E-state index in [1.54, 1.807) is 18.2 Å². The van der Waals surface area contributed by atoms with E-state index in [2.05, 4.69) is 6.08 Å². The summed E-state index contributed by atoms with van der Waals surface area (Å²) < 4.78 is 10.7. The van der Waals surface area contributed by atoms with Crippen molar-refractivity contribution in [3.05, 3.63) is 61.8 Å². The third-order valence-corrected chi connectivity index (χ3v) is 6.23. The molecular weight excluding hydrogens is 403 g/mol. The van der Waals surface area contributed by atoms with E-state index in [1.165, 1.54) is 28.9 Å². The van der Waals surface area contributed by atoms with Crippen LogP contribution in [0.15, 0.2) is 42.0 Å². The zero-order chi connectivity index (χ0) is 19.2. The minimum Gasteiger partial charge on any atom is -0.493 e. The molecule has 27 heavy (non-hydrogen) atoms. The molecule has 0 spiro atoms. The van der Waals surface area contributed by atoms with Crippen molar-refractivity contribution in [3.8, 4) is 5.75 Å². The van der Waals surface area contributed by atoms with Crippen LogP contribution >= 0.6 is 34.5 Å². The average molecular weight is 425 g/mol. The standard InChI is InChI=1S/C21H22Cl2O3S/c1-25-21(24)20-9-8-19(27-20)7-3-5-14-4-2-6-15(14)13-26-18-11-16(22)10-17(23)12-18/h4,8-12,15H,2-3,5-7,13H2,1H3/t15-/m1/s1. The fourth-order valence-corrected chi connectivity index (χ4v) is 4.79. The minimum absolute atomic E-state index is 0.261. The van der Waals surface area contributed by atoms with Gasteiger partial charge in [-0.2, -0.15) is 0 Å². The number of ether oxygens (including phenoxy) is 2. The van der Waals surface area contributed by atoms with Gasteiger partial charge in [0.25, 0.3) is 0 Å². The first-order chi connectivity index (χ1) is 13.0. The highest BCUT2D eigenvalue weighted by atomic mass is 35.5. The molecule has 1 aliphatic carbocycles. The molecule has 3 rings (SSSR count). The van der Waals surface area contributed by atoms with E-state index >= 15 is 0 Å². The third-order valence-electron chi connectivity index (χ3n) is 4.67. The lowest BCUT2D eigenvalue weighted by Gasteiger charge is -2.16. The van der Waals surface area contributed by atoms with E-state index in [4.69, 9.17) is 32.7 Å². The number of methoxy groups -OCH3 is 1. The van der Waals surface area contributed by atoms with Crippen molar-refractivity contribution >= 4 is 40.5 Å². The molecule has 3 nitrogen and oxygen atoms in total. The van der Waals surface area contributed by atoms with Gasteiger partial charge in [-0.1, -0.05) is 34.9 Å². The van der Waals surface area contributed by atoms with Crippen molar-refractivity contribution in [1.82, 2.24) is 0 Å². The van der Waals surface area contributed by atoms with Gasteiger partial charge >= 0.3 is 5.97 Å². The molecule has 0 N–H and O–H groups in total. The molecule has 0 bridgehead atoms. The molecular formula is C21H22Cl2O3S. The van der Waals surface area contributed by atoms with Crippen LogP contribution in [0.25, 0.3) is 0 Å². The Morgan fingerprint density at radius 3 is 2.70 bits per heavy atom. The number of aryl methyl sites for hydroxylation is 1. The monoisotopic (exact) mass is 424 g/mol. The Kier molecular flexibility index (Phi) is 7.22. The third kappa shape index (κ3) is 5.74. The van der Waals surface area contributed by atoms with Crippen LogP contribution < -0.4 is 4.74 Å². The summed E-state index contributed by atoms with van der Waals surface area (Å²) >= 11 is 13.6. The van der Waals surface area contributed by atoms with E-state index in [0.717, 1.165) is 32.1 Å². The topological polar surface area (TPSA) is 35.5 Å². The van der Waals surface area contributed by atoms with E-state index in [0.29, 0.717) is 33.2 Å². The number of esters is 1. The van der Waals surface area contributed by atoms with Crippen LogP contribution in [0.1, 0.15) is 40.2 Å². The number of benzene rings is 1. The van der Waals surface area contributed by atoms with Crippen LogP contribution in [0, 0.1) is 5.92 Å². The van der Waals surface area contributed by atoms with Gasteiger partial charge in [-0.25, -0.2) is 4.79 Å². The van der Waals surface area contributed by atoms with Crippen LogP contribution in [0.5, 0.6) is 5.75 Å². The molecule has 144 valence electrons. The summed E-state index contributed by atoms with van der Waals surface area (Å²) in [4.78, 5) is 13.4. The number of allylic oxidation sites excluding steroid dienone is 1. The predicted octanol–water partition coefficient (Wildman–Crippen LogP) is 6.58. The number of rotatable bonds is 8. The van der Waals surface area contributed by atoms with Gasteiger partial charge in [-0.3, -0.25) is 0 Å². The molecule has 0 saturated carbocycles. The Morgan fingerprint density at radius 1 is 1.19 bits per heavy atom. The summed E-state index contributed by atoms with van der Waals surface area (Å²) in [5.41, 5.74) is 1.47. The first-order valence-electron chi connectivity index (χ1n) is 9.00. The Morgan fingerprint density at radius 2 is 1.96 bits per heavy atom. The highest BCUT2D eigenvalue weighted by molar-refractivity contribution is 7.13. The predicted molar refractivity (Wildman–Crippen MR) is 111 cm³/mol. The molecule has 6 heteroatoms. The molecule has 0 unspecified atom stereocenters. The summed E-state index contributed by atoms with van der Waals surface area (Å²) in [6.07, 6.45) is 7.65. The number of halogens is 2. The SMILES string of the molecule is COC(=O)c1ccc(CCCC2=CCC[C@@H]2COc2cc(Cl)cc(Cl)c2)s1. The fourth-order valence-electron chi connectivity index (χ4n) is 3.32. The van der Waals surface area contributed by atoms with Crippen molar-refractivity contribution in [1.29, 1.82) is 0 Å². The van der Waals surface area contributed by atoms with Gasteiger partial charge < -0.3 is 9.47 Å². The highest BCUT2D eigenvalue weighted by Crippen LogP contribution is 2.32. The van der Waals surface area contributed by atoms with Gasteiger partial charge in [0.05, 0.1) is 13.7 Å². The van der Waals surface area contributed by atoms with E-state index in [9.17, 15) is 4.79 Å². The molecule has 1 aliphatic rings. The van der Waals surface area contributed by atoms with Crippen molar-refractivity contribution in [2.45, 2.75) is 32.1 Å². The molecule has 1 aromatic heterocycles. The number of thiophene rings is 1. The van der Waals surface area contributed by atoms with Gasteiger partial charge in [0.1, 0.15) is 10.6 Å². The minimum atomic E-state index is -0.261. The van der Waals surface area contributed by atoms with Crippen molar-refractivity contribution in [2.24, 2.45) is 5.92 Å². The summed E-state index contributed by atoms with van der Waals surface area (Å²) in [6, 6.07) is 9.15. The maximum absolute atomic E-state index is 11.5. The van der Waals surface area contributed by atoms with Gasteiger partial charge in [0.2, 0.25) is 0 Å². The molecule has 1 heterocycles.